The van der Waals surface area contributed by atoms with E-state index in [-0.39, 0.29) is 24.9 Å². The van der Waals surface area contributed by atoms with Gasteiger partial charge in [0.25, 0.3) is 5.91 Å². The molecule has 6 heteroatoms. The summed E-state index contributed by atoms with van der Waals surface area (Å²) in [6.45, 7) is 1.36. The minimum atomic E-state index is -0.460. The van der Waals surface area contributed by atoms with Crippen molar-refractivity contribution in [1.29, 1.82) is 0 Å². The summed E-state index contributed by atoms with van der Waals surface area (Å²) in [5.41, 5.74) is 0. The Morgan fingerprint density at radius 1 is 1.12 bits per heavy atom. The van der Waals surface area contributed by atoms with Crippen molar-refractivity contribution in [3.8, 4) is 0 Å². The van der Waals surface area contributed by atoms with E-state index in [1.54, 1.807) is 4.90 Å². The maximum Gasteiger partial charge on any atom is 0.325 e. The van der Waals surface area contributed by atoms with Crippen LogP contribution in [0.25, 0.3) is 0 Å². The van der Waals surface area contributed by atoms with Crippen LogP contribution < -0.4 is 5.32 Å². The van der Waals surface area contributed by atoms with Gasteiger partial charge in [0, 0.05) is 13.1 Å². The molecule has 2 aliphatic rings. The Morgan fingerprint density at radius 2 is 1.76 bits per heavy atom. The van der Waals surface area contributed by atoms with Crippen LogP contribution in [0.4, 0.5) is 4.79 Å². The molecule has 17 heavy (non-hydrogen) atoms. The van der Waals surface area contributed by atoms with Gasteiger partial charge in [-0.25, -0.2) is 4.79 Å². The number of urea groups is 1. The lowest BCUT2D eigenvalue weighted by molar-refractivity contribution is -0.136. The van der Waals surface area contributed by atoms with Gasteiger partial charge < -0.3 is 10.2 Å². The van der Waals surface area contributed by atoms with Crippen molar-refractivity contribution in [2.45, 2.75) is 25.7 Å². The number of nitrogens with zero attached hydrogens (tertiary/aromatic N) is 2. The maximum atomic E-state index is 12.0. The highest BCUT2D eigenvalue weighted by Crippen LogP contribution is 2.10. The van der Waals surface area contributed by atoms with Crippen LogP contribution in [-0.4, -0.2) is 53.8 Å². The molecule has 4 amide bonds. The molecule has 2 aliphatic heterocycles. The Balaban J connectivity index is 1.91. The van der Waals surface area contributed by atoms with E-state index in [0.717, 1.165) is 43.7 Å². The van der Waals surface area contributed by atoms with E-state index < -0.39 is 6.03 Å². The normalized spacial score (nSPS) is 21.4. The number of rotatable bonds is 2. The number of likely N-dealkylation sites (tertiary alicyclic amines) is 1. The molecule has 0 unspecified atom stereocenters. The highest BCUT2D eigenvalue weighted by molar-refractivity contribution is 6.04. The van der Waals surface area contributed by atoms with E-state index >= 15 is 0 Å². The summed E-state index contributed by atoms with van der Waals surface area (Å²) in [5, 5.41) is 2.41. The molecular weight excluding hydrogens is 222 g/mol. The van der Waals surface area contributed by atoms with Crippen LogP contribution in [0.3, 0.4) is 0 Å². The minimum Gasteiger partial charge on any atom is -0.341 e. The van der Waals surface area contributed by atoms with E-state index in [0.29, 0.717) is 0 Å². The lowest BCUT2D eigenvalue weighted by atomic mass is 10.2. The largest absolute Gasteiger partial charge is 0.341 e. The number of amides is 4. The minimum absolute atomic E-state index is 0.00606. The average Bonchev–Trinajstić information content (AvgIpc) is 2.59. The number of hydrogen-bond donors (Lipinski definition) is 1. The van der Waals surface area contributed by atoms with Crippen molar-refractivity contribution >= 4 is 17.8 Å². The lowest BCUT2D eigenvalue weighted by Crippen LogP contribution is -2.43. The quantitative estimate of drug-likeness (QED) is 0.686. The van der Waals surface area contributed by atoms with Gasteiger partial charge in [-0.3, -0.25) is 14.5 Å². The van der Waals surface area contributed by atoms with Crippen molar-refractivity contribution in [1.82, 2.24) is 15.1 Å². The molecule has 0 atom stereocenters. The molecule has 0 spiro atoms. The van der Waals surface area contributed by atoms with E-state index in [1.807, 2.05) is 0 Å². The summed E-state index contributed by atoms with van der Waals surface area (Å²) in [7, 11) is 0. The smallest absolute Gasteiger partial charge is 0.325 e. The van der Waals surface area contributed by atoms with Gasteiger partial charge in [0.15, 0.2) is 0 Å². The van der Waals surface area contributed by atoms with Gasteiger partial charge in [0.2, 0.25) is 5.91 Å². The number of hydrogen-bond acceptors (Lipinski definition) is 3. The first-order chi connectivity index (χ1) is 8.18. The molecule has 0 aromatic rings. The van der Waals surface area contributed by atoms with E-state index in [1.165, 1.54) is 0 Å². The zero-order valence-corrected chi connectivity index (χ0v) is 9.78. The number of imide groups is 1. The molecule has 0 aromatic heterocycles. The Labute approximate surface area is 99.9 Å². The number of carbonyl (C=O) groups excluding carboxylic acids is 3. The Kier molecular flexibility index (Phi) is 3.61. The number of carbonyl (C=O) groups is 3. The van der Waals surface area contributed by atoms with Crippen LogP contribution in [-0.2, 0) is 9.59 Å². The van der Waals surface area contributed by atoms with E-state index in [4.69, 9.17) is 0 Å². The van der Waals surface area contributed by atoms with Crippen molar-refractivity contribution in [3.63, 3.8) is 0 Å². The number of nitrogens with one attached hydrogen (secondary N) is 1. The summed E-state index contributed by atoms with van der Waals surface area (Å²) >= 11 is 0. The van der Waals surface area contributed by atoms with Gasteiger partial charge in [0.1, 0.15) is 6.54 Å². The van der Waals surface area contributed by atoms with Crippen LogP contribution in [0, 0.1) is 0 Å². The first-order valence-electron chi connectivity index (χ1n) is 6.04. The molecule has 2 rings (SSSR count). The first-order valence-corrected chi connectivity index (χ1v) is 6.04. The molecule has 0 aliphatic carbocycles. The second kappa shape index (κ2) is 5.16. The van der Waals surface area contributed by atoms with Crippen LogP contribution in [0.5, 0.6) is 0 Å². The molecule has 0 saturated carbocycles. The predicted molar refractivity (Wildman–Crippen MR) is 60.2 cm³/mol. The molecule has 2 fully saturated rings. The zero-order chi connectivity index (χ0) is 12.3. The van der Waals surface area contributed by atoms with E-state index in [2.05, 4.69) is 5.32 Å². The van der Waals surface area contributed by atoms with Crippen molar-refractivity contribution in [2.24, 2.45) is 0 Å². The summed E-state index contributed by atoms with van der Waals surface area (Å²) in [6, 6.07) is -0.460. The fraction of sp³-hybridized carbons (Fsp3) is 0.727. The fourth-order valence-electron chi connectivity index (χ4n) is 2.17. The third-order valence-corrected chi connectivity index (χ3v) is 3.19. The van der Waals surface area contributed by atoms with Crippen molar-refractivity contribution in [2.75, 3.05) is 26.2 Å². The molecule has 6 nitrogen and oxygen atoms in total. The molecule has 0 radical (unpaired) electrons. The average molecular weight is 239 g/mol. The topological polar surface area (TPSA) is 69.7 Å². The maximum absolute atomic E-state index is 12.0. The molecule has 0 bridgehead atoms. The molecule has 1 N–H and O–H groups in total. The van der Waals surface area contributed by atoms with Crippen molar-refractivity contribution in [3.05, 3.63) is 0 Å². The molecule has 0 aromatic carbocycles. The highest BCUT2D eigenvalue weighted by atomic mass is 16.2. The van der Waals surface area contributed by atoms with Crippen LogP contribution in [0.1, 0.15) is 25.7 Å². The third kappa shape index (κ3) is 2.75. The standard InChI is InChI=1S/C11H17N3O3/c15-9-7-12-11(17)14(9)8-10(16)13-5-3-1-2-4-6-13/h1-8H2,(H,12,17). The highest BCUT2D eigenvalue weighted by Gasteiger charge is 2.31. The fourth-order valence-corrected chi connectivity index (χ4v) is 2.17. The Hall–Kier alpha value is -1.59. The summed E-state index contributed by atoms with van der Waals surface area (Å²) in [6.07, 6.45) is 4.30. The Morgan fingerprint density at radius 3 is 2.29 bits per heavy atom. The van der Waals surface area contributed by atoms with Gasteiger partial charge in [-0.15, -0.1) is 0 Å². The van der Waals surface area contributed by atoms with Gasteiger partial charge in [-0.1, -0.05) is 12.8 Å². The van der Waals surface area contributed by atoms with Gasteiger partial charge >= 0.3 is 6.03 Å². The Bertz CT molecular complexity index is 319. The van der Waals surface area contributed by atoms with Crippen molar-refractivity contribution < 1.29 is 14.4 Å². The predicted octanol–water partition coefficient (Wildman–Crippen LogP) is -0.0592. The first kappa shape index (κ1) is 11.9. The monoisotopic (exact) mass is 239 g/mol. The van der Waals surface area contributed by atoms with Gasteiger partial charge in [0.05, 0.1) is 6.54 Å². The second-order valence-electron chi connectivity index (χ2n) is 4.43. The molecule has 2 saturated heterocycles. The lowest BCUT2D eigenvalue weighted by Gasteiger charge is -2.22. The molecule has 2 heterocycles. The third-order valence-electron chi connectivity index (χ3n) is 3.19. The van der Waals surface area contributed by atoms with E-state index in [9.17, 15) is 14.4 Å². The SMILES string of the molecule is O=C(CN1C(=O)CNC1=O)N1CCCCCC1. The summed E-state index contributed by atoms with van der Waals surface area (Å²) in [5.74, 6) is -0.449. The van der Waals surface area contributed by atoms with Gasteiger partial charge in [-0.05, 0) is 12.8 Å². The van der Waals surface area contributed by atoms with Crippen LogP contribution >= 0.6 is 0 Å². The van der Waals surface area contributed by atoms with Crippen LogP contribution in [0.15, 0.2) is 0 Å². The molecule has 94 valence electrons. The summed E-state index contributed by atoms with van der Waals surface area (Å²) < 4.78 is 0. The second-order valence-corrected chi connectivity index (χ2v) is 4.43. The zero-order valence-electron chi connectivity index (χ0n) is 9.78. The molecular formula is C11H17N3O3. The van der Waals surface area contributed by atoms with Gasteiger partial charge in [-0.2, -0.15) is 0 Å². The van der Waals surface area contributed by atoms with Crippen LogP contribution in [0.2, 0.25) is 0 Å². The summed E-state index contributed by atoms with van der Waals surface area (Å²) in [4.78, 5) is 37.3.